The number of carbonyl (C=O) groups excluding carboxylic acids is 1. The quantitative estimate of drug-likeness (QED) is 0.107. The zero-order valence-corrected chi connectivity index (χ0v) is 22.6. The Balaban J connectivity index is 2.66. The van der Waals surface area contributed by atoms with Gasteiger partial charge in [0, 0.05) is 26.1 Å². The molecule has 0 aliphatic heterocycles. The van der Waals surface area contributed by atoms with Gasteiger partial charge >= 0.3 is 0 Å². The average molecular weight is 467 g/mol. The largest absolute Gasteiger partial charge is 0.417 e. The molecule has 0 unspecified atom stereocenters. The topological polar surface area (TPSA) is 65.0 Å². The Morgan fingerprint density at radius 3 is 2.53 bits per heavy atom. The minimum atomic E-state index is -1.73. The molecular weight excluding hydrogens is 420 g/mol. The van der Waals surface area contributed by atoms with Crippen LogP contribution in [0.5, 0.6) is 0 Å². The van der Waals surface area contributed by atoms with Gasteiger partial charge in [0.05, 0.1) is 6.10 Å². The van der Waals surface area contributed by atoms with E-state index in [2.05, 4.69) is 59.2 Å². The fourth-order valence-corrected chi connectivity index (χ4v) is 5.31. The summed E-state index contributed by atoms with van der Waals surface area (Å²) in [6.07, 6.45) is 3.71. The summed E-state index contributed by atoms with van der Waals surface area (Å²) in [5.41, 5.74) is 0. The van der Waals surface area contributed by atoms with Gasteiger partial charge in [-0.3, -0.25) is 4.79 Å². The number of Topliss-reactive ketones (excluding diaryl/α,β-unsaturated/α-hetero) is 1. The zero-order chi connectivity index (χ0) is 24.5. The number of methoxy groups -OCH3 is 1. The van der Waals surface area contributed by atoms with Gasteiger partial charge in [0.15, 0.2) is 8.32 Å². The molecule has 0 amide bonds. The summed E-state index contributed by atoms with van der Waals surface area (Å²) in [4.78, 5) is 13.0. The molecule has 6 atom stereocenters. The molecular formula is C26H46O5Si. The third kappa shape index (κ3) is 8.11. The van der Waals surface area contributed by atoms with Crippen molar-refractivity contribution >= 4 is 14.1 Å². The average Bonchev–Trinajstić information content (AvgIpc) is 3.10. The molecule has 6 heteroatoms. The maximum atomic E-state index is 13.0. The van der Waals surface area contributed by atoms with Crippen LogP contribution in [-0.2, 0) is 18.7 Å². The summed E-state index contributed by atoms with van der Waals surface area (Å²) in [6.45, 7) is 19.8. The van der Waals surface area contributed by atoms with Gasteiger partial charge in [-0.1, -0.05) is 46.6 Å². The second kappa shape index (κ2) is 13.1. The smallest absolute Gasteiger partial charge is 0.209 e. The summed E-state index contributed by atoms with van der Waals surface area (Å²) in [6, 6.07) is 0. The molecule has 0 bridgehead atoms. The van der Waals surface area contributed by atoms with Crippen LogP contribution in [0.2, 0.25) is 18.1 Å². The molecule has 32 heavy (non-hydrogen) atoms. The maximum Gasteiger partial charge on any atom is 0.209 e. The highest BCUT2D eigenvalue weighted by Gasteiger charge is 2.43. The Bertz CT molecular complexity index is 657. The van der Waals surface area contributed by atoms with Gasteiger partial charge in [-0.25, -0.2) is 0 Å². The van der Waals surface area contributed by atoms with E-state index in [1.807, 2.05) is 6.92 Å². The molecule has 0 spiro atoms. The molecule has 5 nitrogen and oxygen atoms in total. The van der Waals surface area contributed by atoms with Crippen molar-refractivity contribution in [2.75, 3.05) is 20.5 Å². The molecule has 1 saturated carbocycles. The highest BCUT2D eigenvalue weighted by Crippen LogP contribution is 2.43. The van der Waals surface area contributed by atoms with Gasteiger partial charge in [0.1, 0.15) is 12.9 Å². The number of carbonyl (C=O) groups is 1. The van der Waals surface area contributed by atoms with Crippen molar-refractivity contribution in [1.29, 1.82) is 0 Å². The minimum Gasteiger partial charge on any atom is -0.417 e. The van der Waals surface area contributed by atoms with Crippen LogP contribution in [0, 0.1) is 35.5 Å². The lowest BCUT2D eigenvalue weighted by Gasteiger charge is -2.36. The van der Waals surface area contributed by atoms with Crippen LogP contribution in [0.4, 0.5) is 0 Å². The number of hydrogen-bond acceptors (Lipinski definition) is 5. The summed E-state index contributed by atoms with van der Waals surface area (Å²) in [7, 11) is -0.192. The highest BCUT2D eigenvalue weighted by molar-refractivity contribution is 6.74. The lowest BCUT2D eigenvalue weighted by Crippen LogP contribution is -2.40. The third-order valence-corrected chi connectivity index (χ3v) is 12.0. The first-order valence-electron chi connectivity index (χ1n) is 11.9. The van der Waals surface area contributed by atoms with Crippen molar-refractivity contribution in [3.8, 4) is 11.8 Å². The molecule has 1 aliphatic carbocycles. The van der Waals surface area contributed by atoms with Crippen molar-refractivity contribution < 1.29 is 23.8 Å². The number of ether oxygens (including phenoxy) is 2. The Hall–Kier alpha value is -0.973. The SMILES string of the molecule is C=C[C@@H](OCOC)[C@H](O)[C@@H](C)[C@@H]1CC[C@H](C)[C@@H]1C(=O)C#CCCCO[Si](C)(C)C(C)(C)C. The van der Waals surface area contributed by atoms with Crippen molar-refractivity contribution in [2.24, 2.45) is 23.7 Å². The van der Waals surface area contributed by atoms with Crippen LogP contribution in [0.25, 0.3) is 0 Å². The fourth-order valence-electron chi connectivity index (χ4n) is 4.22. The molecule has 0 aromatic heterocycles. The molecule has 0 aromatic carbocycles. The standard InChI is InChI=1S/C26H46O5Si/c1-10-23(30-18-29-7)25(28)20(3)21-16-15-19(2)24(21)22(27)14-12-11-13-17-31-32(8,9)26(4,5)6/h10,19-21,23-25,28H,1,11,13,15-18H2,2-9H3/t19-,20-,21-,23+,24-,25+/m0/s1. The van der Waals surface area contributed by atoms with Crippen LogP contribution < -0.4 is 0 Å². The van der Waals surface area contributed by atoms with E-state index >= 15 is 0 Å². The maximum absolute atomic E-state index is 13.0. The Labute approximate surface area is 197 Å². The van der Waals surface area contributed by atoms with E-state index < -0.39 is 20.5 Å². The van der Waals surface area contributed by atoms with E-state index in [1.54, 1.807) is 13.2 Å². The Morgan fingerprint density at radius 1 is 1.31 bits per heavy atom. The number of rotatable bonds is 12. The number of aliphatic hydroxyl groups is 1. The van der Waals surface area contributed by atoms with Crippen LogP contribution in [0.3, 0.4) is 0 Å². The van der Waals surface area contributed by atoms with E-state index in [0.717, 1.165) is 19.3 Å². The predicted molar refractivity (Wildman–Crippen MR) is 133 cm³/mol. The lowest BCUT2D eigenvalue weighted by molar-refractivity contribution is -0.124. The Kier molecular flexibility index (Phi) is 11.9. The highest BCUT2D eigenvalue weighted by atomic mass is 28.4. The van der Waals surface area contributed by atoms with Gasteiger partial charge in [-0.15, -0.1) is 6.58 Å². The second-order valence-corrected chi connectivity index (χ2v) is 15.6. The van der Waals surface area contributed by atoms with E-state index in [-0.39, 0.29) is 41.3 Å². The number of ketones is 1. The lowest BCUT2D eigenvalue weighted by atomic mass is 9.76. The second-order valence-electron chi connectivity index (χ2n) is 10.7. The van der Waals surface area contributed by atoms with Crippen LogP contribution >= 0.6 is 0 Å². The van der Waals surface area contributed by atoms with Gasteiger partial charge in [-0.2, -0.15) is 0 Å². The van der Waals surface area contributed by atoms with Crippen molar-refractivity contribution in [2.45, 2.75) is 90.6 Å². The third-order valence-electron chi connectivity index (χ3n) is 7.42. The van der Waals surface area contributed by atoms with E-state index in [9.17, 15) is 9.90 Å². The fraction of sp³-hybridized carbons (Fsp3) is 0.808. The van der Waals surface area contributed by atoms with E-state index in [1.165, 1.54) is 0 Å². The van der Waals surface area contributed by atoms with Gasteiger partial charge in [0.2, 0.25) is 5.78 Å². The summed E-state index contributed by atoms with van der Waals surface area (Å²) in [5.74, 6) is 6.06. The number of aliphatic hydroxyl groups excluding tert-OH is 1. The first-order valence-corrected chi connectivity index (χ1v) is 14.9. The number of hydrogen-bond donors (Lipinski definition) is 1. The normalized spacial score (nSPS) is 24.3. The summed E-state index contributed by atoms with van der Waals surface area (Å²) < 4.78 is 16.7. The molecule has 1 N–H and O–H groups in total. The first kappa shape index (κ1) is 29.1. The summed E-state index contributed by atoms with van der Waals surface area (Å²) >= 11 is 0. The molecule has 0 aromatic rings. The molecule has 1 fully saturated rings. The zero-order valence-electron chi connectivity index (χ0n) is 21.6. The van der Waals surface area contributed by atoms with Crippen molar-refractivity contribution in [3.63, 3.8) is 0 Å². The molecule has 1 rings (SSSR count). The van der Waals surface area contributed by atoms with Crippen LogP contribution in [0.15, 0.2) is 12.7 Å². The monoisotopic (exact) mass is 466 g/mol. The molecule has 1 aliphatic rings. The van der Waals surface area contributed by atoms with Gasteiger partial charge in [0.25, 0.3) is 0 Å². The van der Waals surface area contributed by atoms with E-state index in [0.29, 0.717) is 13.0 Å². The molecule has 0 saturated heterocycles. The van der Waals surface area contributed by atoms with Crippen molar-refractivity contribution in [3.05, 3.63) is 12.7 Å². The van der Waals surface area contributed by atoms with Crippen LogP contribution in [-0.4, -0.2) is 51.9 Å². The minimum absolute atomic E-state index is 0.00247. The van der Waals surface area contributed by atoms with Gasteiger partial charge < -0.3 is 19.0 Å². The molecule has 184 valence electrons. The van der Waals surface area contributed by atoms with Crippen molar-refractivity contribution in [1.82, 2.24) is 0 Å². The molecule has 0 heterocycles. The Morgan fingerprint density at radius 2 is 1.97 bits per heavy atom. The predicted octanol–water partition coefficient (Wildman–Crippen LogP) is 5.20. The number of unbranched alkanes of at least 4 members (excludes halogenated alkanes) is 1. The first-order chi connectivity index (χ1) is 14.9. The summed E-state index contributed by atoms with van der Waals surface area (Å²) in [5, 5.41) is 11.0. The van der Waals surface area contributed by atoms with Crippen LogP contribution in [0.1, 0.15) is 60.3 Å². The van der Waals surface area contributed by atoms with E-state index in [4.69, 9.17) is 13.9 Å². The van der Waals surface area contributed by atoms with Gasteiger partial charge in [-0.05, 0) is 61.1 Å². The molecule has 0 radical (unpaired) electrons.